The number of fused-ring (bicyclic) bond motifs is 1. The van der Waals surface area contributed by atoms with E-state index in [9.17, 15) is 9.59 Å². The van der Waals surface area contributed by atoms with Crippen LogP contribution in [0.1, 0.15) is 55.0 Å². The van der Waals surface area contributed by atoms with E-state index in [2.05, 4.69) is 10.4 Å². The molecule has 9 heteroatoms. The minimum atomic E-state index is -0.318. The Morgan fingerprint density at radius 1 is 1.02 bits per heavy atom. The Balaban J connectivity index is 1.42. The van der Waals surface area contributed by atoms with Crippen molar-refractivity contribution in [1.29, 1.82) is 0 Å². The number of amides is 1. The monoisotopic (exact) mass is 554 g/mol. The Labute approximate surface area is 238 Å². The van der Waals surface area contributed by atoms with Crippen LogP contribution in [-0.2, 0) is 4.79 Å². The summed E-state index contributed by atoms with van der Waals surface area (Å²) in [6, 6.07) is 18.3. The second-order valence-corrected chi connectivity index (χ2v) is 10.1. The van der Waals surface area contributed by atoms with Crippen LogP contribution in [0.5, 0.6) is 17.2 Å². The second kappa shape index (κ2) is 12.7. The number of hydrogen-bond acceptors (Lipinski definition) is 7. The smallest absolute Gasteiger partial charge is 0.282 e. The van der Waals surface area contributed by atoms with E-state index >= 15 is 0 Å². The highest BCUT2D eigenvalue weighted by atomic mass is 16.5. The molecule has 4 aromatic rings. The number of methoxy groups -OCH3 is 2. The standard InChI is InChI=1S/C32H34N4O5/c1-21-13-15-24(16-14-21)34-29(37)20-41-30-27(39-2)17-22(18-28(30)40-3)19-33-36-31(23-9-5-4-6-10-23)35-26-12-8-7-11-25(26)32(36)38/h7-8,11-19,23H,4-6,9-10,20H2,1-3H3,(H,34,37). The van der Waals surface area contributed by atoms with Gasteiger partial charge in [0, 0.05) is 17.2 Å². The summed E-state index contributed by atoms with van der Waals surface area (Å²) in [6.45, 7) is 1.74. The maximum atomic E-state index is 13.5. The Bertz CT molecular complexity index is 1600. The predicted molar refractivity (Wildman–Crippen MR) is 160 cm³/mol. The molecule has 0 radical (unpaired) electrons. The Morgan fingerprint density at radius 3 is 2.39 bits per heavy atom. The molecule has 1 aliphatic carbocycles. The quantitative estimate of drug-likeness (QED) is 0.268. The summed E-state index contributed by atoms with van der Waals surface area (Å²) in [6.07, 6.45) is 6.95. The van der Waals surface area contributed by atoms with Crippen molar-refractivity contribution in [1.82, 2.24) is 9.66 Å². The lowest BCUT2D eigenvalue weighted by Crippen LogP contribution is -2.25. The van der Waals surface area contributed by atoms with Crippen molar-refractivity contribution in [3.63, 3.8) is 0 Å². The van der Waals surface area contributed by atoms with E-state index in [1.54, 1.807) is 24.4 Å². The van der Waals surface area contributed by atoms with Crippen LogP contribution in [0.15, 0.2) is 70.6 Å². The van der Waals surface area contributed by atoms with Gasteiger partial charge in [-0.2, -0.15) is 9.78 Å². The summed E-state index contributed by atoms with van der Waals surface area (Å²) in [7, 11) is 3.02. The number of carbonyl (C=O) groups is 1. The largest absolute Gasteiger partial charge is 0.493 e. The average Bonchev–Trinajstić information content (AvgIpc) is 3.00. The van der Waals surface area contributed by atoms with Crippen LogP contribution in [0, 0.1) is 6.92 Å². The van der Waals surface area contributed by atoms with Crippen LogP contribution in [0.3, 0.4) is 0 Å². The van der Waals surface area contributed by atoms with Gasteiger partial charge in [-0.1, -0.05) is 49.1 Å². The lowest BCUT2D eigenvalue weighted by Gasteiger charge is -2.22. The Kier molecular flexibility index (Phi) is 8.62. The summed E-state index contributed by atoms with van der Waals surface area (Å²) in [5, 5.41) is 7.94. The van der Waals surface area contributed by atoms with Gasteiger partial charge in [-0.25, -0.2) is 4.98 Å². The first-order chi connectivity index (χ1) is 20.0. The van der Waals surface area contributed by atoms with E-state index in [0.29, 0.717) is 45.2 Å². The van der Waals surface area contributed by atoms with Crippen molar-refractivity contribution in [2.75, 3.05) is 26.1 Å². The number of anilines is 1. The number of aromatic nitrogens is 2. The number of ether oxygens (including phenoxy) is 3. The molecular formula is C32H34N4O5. The van der Waals surface area contributed by atoms with Gasteiger partial charge >= 0.3 is 0 Å². The number of nitrogens with zero attached hydrogens (tertiary/aromatic N) is 3. The molecule has 0 aliphatic heterocycles. The van der Waals surface area contributed by atoms with Gasteiger partial charge in [0.25, 0.3) is 11.5 Å². The van der Waals surface area contributed by atoms with Crippen LogP contribution >= 0.6 is 0 Å². The summed E-state index contributed by atoms with van der Waals surface area (Å²) in [4.78, 5) is 30.9. The molecule has 1 amide bonds. The van der Waals surface area contributed by atoms with E-state index in [1.807, 2.05) is 49.4 Å². The van der Waals surface area contributed by atoms with Gasteiger partial charge in [0.1, 0.15) is 5.82 Å². The van der Waals surface area contributed by atoms with Gasteiger partial charge in [0.05, 0.1) is 31.3 Å². The predicted octanol–water partition coefficient (Wildman–Crippen LogP) is 5.67. The van der Waals surface area contributed by atoms with Crippen LogP contribution in [-0.4, -0.2) is 42.6 Å². The van der Waals surface area contributed by atoms with Gasteiger partial charge in [-0.3, -0.25) is 9.59 Å². The lowest BCUT2D eigenvalue weighted by atomic mass is 9.88. The molecule has 1 N–H and O–H groups in total. The number of benzene rings is 3. The summed E-state index contributed by atoms with van der Waals surface area (Å²) in [5.74, 6) is 1.56. The summed E-state index contributed by atoms with van der Waals surface area (Å²) >= 11 is 0. The third-order valence-electron chi connectivity index (χ3n) is 7.24. The zero-order valence-electron chi connectivity index (χ0n) is 23.6. The molecule has 1 aromatic heterocycles. The van der Waals surface area contributed by atoms with E-state index in [-0.39, 0.29) is 24.0 Å². The number of hydrogen-bond donors (Lipinski definition) is 1. The van der Waals surface area contributed by atoms with Gasteiger partial charge in [-0.05, 0) is 56.2 Å². The van der Waals surface area contributed by atoms with Gasteiger partial charge < -0.3 is 19.5 Å². The second-order valence-electron chi connectivity index (χ2n) is 10.1. The third-order valence-corrected chi connectivity index (χ3v) is 7.24. The molecule has 41 heavy (non-hydrogen) atoms. The van der Waals surface area contributed by atoms with Gasteiger partial charge in [0.15, 0.2) is 18.1 Å². The van der Waals surface area contributed by atoms with Crippen LogP contribution < -0.4 is 25.1 Å². The molecule has 5 rings (SSSR count). The van der Waals surface area contributed by atoms with Crippen LogP contribution in [0.2, 0.25) is 0 Å². The first-order valence-electron chi connectivity index (χ1n) is 13.8. The van der Waals surface area contributed by atoms with Crippen molar-refractivity contribution < 1.29 is 19.0 Å². The fraction of sp³-hybridized carbons (Fsp3) is 0.312. The topological polar surface area (TPSA) is 104 Å². The number of aryl methyl sites for hydroxylation is 1. The van der Waals surface area contributed by atoms with E-state index in [4.69, 9.17) is 19.2 Å². The first-order valence-corrected chi connectivity index (χ1v) is 13.8. The Morgan fingerprint density at radius 2 is 1.71 bits per heavy atom. The number of rotatable bonds is 9. The van der Waals surface area contributed by atoms with Crippen molar-refractivity contribution >= 4 is 28.7 Å². The summed E-state index contributed by atoms with van der Waals surface area (Å²) in [5.41, 5.74) is 2.89. The van der Waals surface area contributed by atoms with Crippen molar-refractivity contribution in [3.05, 3.63) is 88.0 Å². The molecule has 0 spiro atoms. The molecule has 3 aromatic carbocycles. The lowest BCUT2D eigenvalue weighted by molar-refractivity contribution is -0.118. The highest BCUT2D eigenvalue weighted by molar-refractivity contribution is 5.92. The van der Waals surface area contributed by atoms with Crippen LogP contribution in [0.25, 0.3) is 10.9 Å². The molecular weight excluding hydrogens is 520 g/mol. The summed E-state index contributed by atoms with van der Waals surface area (Å²) < 4.78 is 18.4. The van der Waals surface area contributed by atoms with Gasteiger partial charge in [0.2, 0.25) is 5.75 Å². The molecule has 0 atom stereocenters. The highest BCUT2D eigenvalue weighted by Crippen LogP contribution is 2.38. The van der Waals surface area contributed by atoms with Crippen molar-refractivity contribution in [2.24, 2.45) is 5.10 Å². The highest BCUT2D eigenvalue weighted by Gasteiger charge is 2.22. The minimum Gasteiger partial charge on any atom is -0.493 e. The SMILES string of the molecule is COc1cc(C=Nn2c(C3CCCCC3)nc3ccccc3c2=O)cc(OC)c1OCC(=O)Nc1ccc(C)cc1. The molecule has 1 fully saturated rings. The molecule has 0 saturated heterocycles. The van der Waals surface area contributed by atoms with Gasteiger partial charge in [-0.15, -0.1) is 0 Å². The maximum Gasteiger partial charge on any atom is 0.282 e. The molecule has 212 valence electrons. The molecule has 0 unspecified atom stereocenters. The minimum absolute atomic E-state index is 0.170. The van der Waals surface area contributed by atoms with E-state index in [1.165, 1.54) is 25.3 Å². The van der Waals surface area contributed by atoms with Crippen molar-refractivity contribution in [3.8, 4) is 17.2 Å². The third kappa shape index (κ3) is 6.40. The van der Waals surface area contributed by atoms with E-state index in [0.717, 1.165) is 31.2 Å². The zero-order valence-corrected chi connectivity index (χ0v) is 23.6. The fourth-order valence-corrected chi connectivity index (χ4v) is 5.09. The molecule has 1 aliphatic rings. The number of carbonyl (C=O) groups excluding carboxylic acids is 1. The number of nitrogens with one attached hydrogen (secondary N) is 1. The molecule has 1 heterocycles. The molecule has 9 nitrogen and oxygen atoms in total. The fourth-order valence-electron chi connectivity index (χ4n) is 5.09. The number of para-hydroxylation sites is 1. The van der Waals surface area contributed by atoms with Crippen LogP contribution in [0.4, 0.5) is 5.69 Å². The zero-order chi connectivity index (χ0) is 28.8. The van der Waals surface area contributed by atoms with Crippen molar-refractivity contribution in [2.45, 2.75) is 44.9 Å². The first kappa shape index (κ1) is 27.9. The molecule has 1 saturated carbocycles. The molecule has 0 bridgehead atoms. The normalized spacial score (nSPS) is 13.8. The van der Waals surface area contributed by atoms with E-state index < -0.39 is 0 Å². The Hall–Kier alpha value is -4.66. The maximum absolute atomic E-state index is 13.5. The average molecular weight is 555 g/mol.